The SMILES string of the molecule is Cc1nc(-c2cc3cc[nH]c(=O)c3c(Nc3ccc(N4CC(C)OC(C)C4)nc3)n2)cnc1N. The van der Waals surface area contributed by atoms with Crippen LogP contribution in [0.5, 0.6) is 0 Å². The highest BCUT2D eigenvalue weighted by atomic mass is 16.5. The Morgan fingerprint density at radius 2 is 1.88 bits per heavy atom. The normalized spacial score (nSPS) is 18.3. The van der Waals surface area contributed by atoms with Crippen LogP contribution in [0.2, 0.25) is 0 Å². The first-order chi connectivity index (χ1) is 16.4. The molecule has 4 aromatic heterocycles. The van der Waals surface area contributed by atoms with Crippen molar-refractivity contribution in [3.63, 3.8) is 0 Å². The zero-order chi connectivity index (χ0) is 23.8. The van der Waals surface area contributed by atoms with Gasteiger partial charge in [-0.3, -0.25) is 4.79 Å². The number of nitrogen functional groups attached to an aromatic ring is 1. The number of ether oxygens (including phenoxy) is 1. The number of rotatable bonds is 4. The molecule has 0 bridgehead atoms. The molecule has 0 amide bonds. The quantitative estimate of drug-likeness (QED) is 0.422. The topological polar surface area (TPSA) is 135 Å². The fourth-order valence-corrected chi connectivity index (χ4v) is 4.20. The number of pyridine rings is 3. The van der Waals surface area contributed by atoms with Crippen LogP contribution in [0.3, 0.4) is 0 Å². The van der Waals surface area contributed by atoms with Gasteiger partial charge in [0.15, 0.2) is 0 Å². The predicted molar refractivity (Wildman–Crippen MR) is 132 cm³/mol. The number of morpholine rings is 1. The summed E-state index contributed by atoms with van der Waals surface area (Å²) in [5.74, 6) is 1.66. The number of fused-ring (bicyclic) bond motifs is 1. The third kappa shape index (κ3) is 4.27. The van der Waals surface area contributed by atoms with E-state index < -0.39 is 0 Å². The Hall–Kier alpha value is -4.05. The summed E-state index contributed by atoms with van der Waals surface area (Å²) in [6, 6.07) is 7.53. The van der Waals surface area contributed by atoms with Crippen LogP contribution in [0.15, 0.2) is 47.7 Å². The van der Waals surface area contributed by atoms with E-state index in [4.69, 9.17) is 15.5 Å². The van der Waals surface area contributed by atoms with Gasteiger partial charge >= 0.3 is 0 Å². The zero-order valence-corrected chi connectivity index (χ0v) is 19.2. The maximum Gasteiger partial charge on any atom is 0.259 e. The van der Waals surface area contributed by atoms with E-state index in [-0.39, 0.29) is 17.8 Å². The van der Waals surface area contributed by atoms with Crippen molar-refractivity contribution in [3.05, 3.63) is 58.9 Å². The molecule has 10 nitrogen and oxygen atoms in total. The molecule has 2 unspecified atom stereocenters. The molecule has 4 aromatic rings. The number of nitrogens with two attached hydrogens (primary N) is 1. The highest BCUT2D eigenvalue weighted by Crippen LogP contribution is 2.28. The van der Waals surface area contributed by atoms with Crippen molar-refractivity contribution in [3.8, 4) is 11.4 Å². The largest absolute Gasteiger partial charge is 0.382 e. The number of hydrogen-bond acceptors (Lipinski definition) is 9. The number of aryl methyl sites for hydroxylation is 1. The van der Waals surface area contributed by atoms with Gasteiger partial charge in [0.25, 0.3) is 5.56 Å². The van der Waals surface area contributed by atoms with Gasteiger partial charge in [-0.2, -0.15) is 0 Å². The highest BCUT2D eigenvalue weighted by molar-refractivity contribution is 5.94. The average Bonchev–Trinajstić information content (AvgIpc) is 2.80. The molecule has 4 N–H and O–H groups in total. The summed E-state index contributed by atoms with van der Waals surface area (Å²) in [7, 11) is 0. The number of aromatic nitrogens is 5. The molecular weight excluding hydrogens is 432 g/mol. The summed E-state index contributed by atoms with van der Waals surface area (Å²) >= 11 is 0. The lowest BCUT2D eigenvalue weighted by Crippen LogP contribution is -2.45. The number of anilines is 4. The van der Waals surface area contributed by atoms with Gasteiger partial charge in [0.2, 0.25) is 0 Å². The molecule has 5 heterocycles. The van der Waals surface area contributed by atoms with Crippen molar-refractivity contribution in [1.82, 2.24) is 24.9 Å². The number of aromatic amines is 1. The van der Waals surface area contributed by atoms with E-state index in [0.29, 0.717) is 39.8 Å². The summed E-state index contributed by atoms with van der Waals surface area (Å²) in [6.07, 6.45) is 5.22. The lowest BCUT2D eigenvalue weighted by Gasteiger charge is -2.36. The molecule has 0 spiro atoms. The Bertz CT molecular complexity index is 1390. The van der Waals surface area contributed by atoms with E-state index in [0.717, 1.165) is 24.3 Å². The molecule has 0 radical (unpaired) electrons. The highest BCUT2D eigenvalue weighted by Gasteiger charge is 2.23. The summed E-state index contributed by atoms with van der Waals surface area (Å²) in [5, 5.41) is 4.44. The monoisotopic (exact) mass is 458 g/mol. The number of nitrogens with zero attached hydrogens (tertiary/aromatic N) is 5. The lowest BCUT2D eigenvalue weighted by molar-refractivity contribution is -0.00545. The van der Waals surface area contributed by atoms with E-state index >= 15 is 0 Å². The third-order valence-corrected chi connectivity index (χ3v) is 5.76. The van der Waals surface area contributed by atoms with Crippen LogP contribution in [0.1, 0.15) is 19.5 Å². The van der Waals surface area contributed by atoms with Gasteiger partial charge in [0.1, 0.15) is 23.1 Å². The molecule has 1 aliphatic heterocycles. The van der Waals surface area contributed by atoms with Crippen molar-refractivity contribution < 1.29 is 4.74 Å². The number of hydrogen-bond donors (Lipinski definition) is 3. The van der Waals surface area contributed by atoms with Gasteiger partial charge in [-0.1, -0.05) is 0 Å². The predicted octanol–water partition coefficient (Wildman–Crippen LogP) is 3.02. The first-order valence-electron chi connectivity index (χ1n) is 11.1. The molecule has 0 aromatic carbocycles. The van der Waals surface area contributed by atoms with E-state index in [2.05, 4.69) is 44.0 Å². The Morgan fingerprint density at radius 1 is 1.09 bits per heavy atom. The molecule has 1 fully saturated rings. The maximum absolute atomic E-state index is 12.6. The fourth-order valence-electron chi connectivity index (χ4n) is 4.20. The Morgan fingerprint density at radius 3 is 2.59 bits per heavy atom. The minimum atomic E-state index is -0.237. The molecule has 1 saturated heterocycles. The molecule has 5 rings (SSSR count). The van der Waals surface area contributed by atoms with Crippen LogP contribution < -0.4 is 21.5 Å². The first kappa shape index (κ1) is 21.8. The molecule has 0 aliphatic carbocycles. The number of nitrogens with one attached hydrogen (secondary N) is 2. The van der Waals surface area contributed by atoms with E-state index in [9.17, 15) is 4.79 Å². The second kappa shape index (κ2) is 8.71. The van der Waals surface area contributed by atoms with Gasteiger partial charge in [0, 0.05) is 19.3 Å². The van der Waals surface area contributed by atoms with Crippen molar-refractivity contribution >= 4 is 33.9 Å². The third-order valence-electron chi connectivity index (χ3n) is 5.76. The van der Waals surface area contributed by atoms with E-state index in [1.165, 1.54) is 0 Å². The maximum atomic E-state index is 12.6. The summed E-state index contributed by atoms with van der Waals surface area (Å²) < 4.78 is 5.82. The van der Waals surface area contributed by atoms with Crippen molar-refractivity contribution in [2.45, 2.75) is 33.0 Å². The van der Waals surface area contributed by atoms with Crippen molar-refractivity contribution in [1.29, 1.82) is 0 Å². The molecule has 1 aliphatic rings. The standard InChI is InChI=1S/C24H26N8O2/c1-13-11-32(12-14(2)34-13)20-5-4-17(9-27-20)30-23-21-16(6-7-26-24(21)33)8-18(31-23)19-10-28-22(25)15(3)29-19/h4-10,13-14H,11-12H2,1-3H3,(H2,25,28)(H,26,33)(H,30,31). The molecule has 10 heteroatoms. The van der Waals surface area contributed by atoms with E-state index in [1.807, 2.05) is 24.3 Å². The minimum absolute atomic E-state index is 0.147. The Balaban J connectivity index is 1.50. The van der Waals surface area contributed by atoms with Gasteiger partial charge in [0.05, 0.1) is 47.1 Å². The summed E-state index contributed by atoms with van der Waals surface area (Å²) in [5.41, 5.74) is 8.07. The van der Waals surface area contributed by atoms with Gasteiger partial charge in [-0.05, 0) is 50.4 Å². The zero-order valence-electron chi connectivity index (χ0n) is 19.2. The first-order valence-corrected chi connectivity index (χ1v) is 11.1. The smallest absolute Gasteiger partial charge is 0.259 e. The van der Waals surface area contributed by atoms with Crippen molar-refractivity contribution in [2.24, 2.45) is 0 Å². The second-order valence-corrected chi connectivity index (χ2v) is 8.55. The minimum Gasteiger partial charge on any atom is -0.382 e. The summed E-state index contributed by atoms with van der Waals surface area (Å²) in [4.78, 5) is 35.6. The van der Waals surface area contributed by atoms with Gasteiger partial charge in [-0.15, -0.1) is 0 Å². The number of H-pyrrole nitrogens is 1. The van der Waals surface area contributed by atoms with Gasteiger partial charge in [-0.25, -0.2) is 19.9 Å². The van der Waals surface area contributed by atoms with Crippen LogP contribution in [0.25, 0.3) is 22.2 Å². The molecule has 174 valence electrons. The summed E-state index contributed by atoms with van der Waals surface area (Å²) in [6.45, 7) is 7.49. The lowest BCUT2D eigenvalue weighted by atomic mass is 10.1. The average molecular weight is 459 g/mol. The fraction of sp³-hybridized carbons (Fsp3) is 0.292. The molecule has 0 saturated carbocycles. The van der Waals surface area contributed by atoms with Crippen LogP contribution in [-0.2, 0) is 4.74 Å². The second-order valence-electron chi connectivity index (χ2n) is 8.55. The molecular formula is C24H26N8O2. The Labute approximate surface area is 196 Å². The Kier molecular flexibility index (Phi) is 5.58. The van der Waals surface area contributed by atoms with Crippen LogP contribution in [-0.4, -0.2) is 50.2 Å². The van der Waals surface area contributed by atoms with Crippen LogP contribution >= 0.6 is 0 Å². The van der Waals surface area contributed by atoms with Gasteiger partial charge < -0.3 is 25.7 Å². The van der Waals surface area contributed by atoms with E-state index in [1.54, 1.807) is 25.5 Å². The van der Waals surface area contributed by atoms with Crippen LogP contribution in [0, 0.1) is 6.92 Å². The molecule has 34 heavy (non-hydrogen) atoms. The van der Waals surface area contributed by atoms with Crippen LogP contribution in [0.4, 0.5) is 23.1 Å². The van der Waals surface area contributed by atoms with Crippen molar-refractivity contribution in [2.75, 3.05) is 29.0 Å². The molecule has 2 atom stereocenters.